The lowest BCUT2D eigenvalue weighted by atomic mass is 9.79. The van der Waals surface area contributed by atoms with E-state index in [1.807, 2.05) is 65.7 Å². The molecule has 1 saturated heterocycles. The highest BCUT2D eigenvalue weighted by molar-refractivity contribution is 6.21. The van der Waals surface area contributed by atoms with Crippen molar-refractivity contribution < 1.29 is 9.63 Å². The number of rotatable bonds is 3. The molecule has 2 aromatic rings. The minimum atomic E-state index is -0.269. The van der Waals surface area contributed by atoms with Gasteiger partial charge >= 0.3 is 0 Å². The zero-order chi connectivity index (χ0) is 17.0. The number of ketones is 1. The van der Waals surface area contributed by atoms with Gasteiger partial charge in [0, 0.05) is 22.8 Å². The number of benzene rings is 2. The Bertz CT molecular complexity index is 781. The van der Waals surface area contributed by atoms with E-state index >= 15 is 0 Å². The Morgan fingerprint density at radius 1 is 1.00 bits per heavy atom. The van der Waals surface area contributed by atoms with E-state index in [0.717, 1.165) is 24.1 Å². The molecule has 5 rings (SSSR count). The highest BCUT2D eigenvalue weighted by Crippen LogP contribution is 2.57. The number of alkyl halides is 1. The van der Waals surface area contributed by atoms with Crippen LogP contribution in [0.5, 0.6) is 0 Å². The van der Waals surface area contributed by atoms with E-state index in [0.29, 0.717) is 11.8 Å². The molecule has 0 unspecified atom stereocenters. The van der Waals surface area contributed by atoms with Gasteiger partial charge in [0.15, 0.2) is 5.78 Å². The number of hydrogen-bond acceptors (Lipinski definition) is 3. The number of nitrogens with zero attached hydrogens (tertiary/aromatic N) is 1. The molecule has 2 aliphatic carbocycles. The number of halogens is 1. The molecule has 1 heterocycles. The third-order valence-corrected chi connectivity index (χ3v) is 6.61. The van der Waals surface area contributed by atoms with Gasteiger partial charge in [-0.25, -0.2) is 5.06 Å². The van der Waals surface area contributed by atoms with Crippen LogP contribution >= 0.6 is 11.6 Å². The minimum absolute atomic E-state index is 0.0547. The molecule has 128 valence electrons. The SMILES string of the molecule is O=C(c1ccccc1)[C@H]1[C@@H]2[C@H]3C[C@H]([C@@H]2ON1c1ccccc1)[C@H](Cl)C3. The second-order valence-corrected chi connectivity index (χ2v) is 7.96. The molecule has 25 heavy (non-hydrogen) atoms. The van der Waals surface area contributed by atoms with Crippen molar-refractivity contribution in [2.75, 3.05) is 5.06 Å². The van der Waals surface area contributed by atoms with Crippen LogP contribution in [-0.2, 0) is 4.84 Å². The predicted molar refractivity (Wildman–Crippen MR) is 97.7 cm³/mol. The van der Waals surface area contributed by atoms with Crippen LogP contribution in [0.4, 0.5) is 5.69 Å². The summed E-state index contributed by atoms with van der Waals surface area (Å²) in [6.07, 6.45) is 2.14. The van der Waals surface area contributed by atoms with E-state index in [4.69, 9.17) is 16.4 Å². The van der Waals surface area contributed by atoms with Crippen LogP contribution in [0, 0.1) is 17.8 Å². The zero-order valence-electron chi connectivity index (χ0n) is 13.8. The topological polar surface area (TPSA) is 29.5 Å². The fourth-order valence-electron chi connectivity index (χ4n) is 5.06. The van der Waals surface area contributed by atoms with Gasteiger partial charge in [-0.1, -0.05) is 48.5 Å². The third-order valence-electron chi connectivity index (χ3n) is 6.10. The Morgan fingerprint density at radius 2 is 1.68 bits per heavy atom. The average molecular weight is 354 g/mol. The van der Waals surface area contributed by atoms with Crippen LogP contribution in [0.3, 0.4) is 0 Å². The van der Waals surface area contributed by atoms with Gasteiger partial charge in [0.25, 0.3) is 0 Å². The molecule has 3 aliphatic rings. The quantitative estimate of drug-likeness (QED) is 0.608. The maximum atomic E-state index is 13.4. The summed E-state index contributed by atoms with van der Waals surface area (Å²) < 4.78 is 0. The molecule has 6 atom stereocenters. The van der Waals surface area contributed by atoms with Crippen molar-refractivity contribution in [2.24, 2.45) is 17.8 Å². The highest BCUT2D eigenvalue weighted by atomic mass is 35.5. The number of anilines is 1. The van der Waals surface area contributed by atoms with Crippen LogP contribution in [0.25, 0.3) is 0 Å². The molecule has 1 aliphatic heterocycles. The lowest BCUT2D eigenvalue weighted by Gasteiger charge is -2.28. The Kier molecular flexibility index (Phi) is 3.61. The number of Topliss-reactive ketones (excluding diaryl/α,β-unsaturated/α-hetero) is 1. The fraction of sp³-hybridized carbons (Fsp3) is 0.381. The van der Waals surface area contributed by atoms with Gasteiger partial charge in [-0.3, -0.25) is 9.63 Å². The molecule has 3 nitrogen and oxygen atoms in total. The van der Waals surface area contributed by atoms with Gasteiger partial charge in [0.05, 0.1) is 11.8 Å². The van der Waals surface area contributed by atoms with Gasteiger partial charge < -0.3 is 0 Å². The summed E-state index contributed by atoms with van der Waals surface area (Å²) in [5.41, 5.74) is 1.69. The van der Waals surface area contributed by atoms with Gasteiger partial charge in [-0.05, 0) is 30.9 Å². The Labute approximate surface area is 152 Å². The van der Waals surface area contributed by atoms with Crippen molar-refractivity contribution in [1.82, 2.24) is 0 Å². The van der Waals surface area contributed by atoms with E-state index in [1.54, 1.807) is 0 Å². The number of carbonyl (C=O) groups excluding carboxylic acids is 1. The first-order chi connectivity index (χ1) is 12.2. The summed E-state index contributed by atoms with van der Waals surface area (Å²) in [6.45, 7) is 0. The largest absolute Gasteiger partial charge is 0.292 e. The minimum Gasteiger partial charge on any atom is -0.292 e. The summed E-state index contributed by atoms with van der Waals surface area (Å²) in [5.74, 6) is 1.21. The Balaban J connectivity index is 1.56. The molecule has 3 fully saturated rings. The lowest BCUT2D eigenvalue weighted by Crippen LogP contribution is -2.42. The summed E-state index contributed by atoms with van der Waals surface area (Å²) in [4.78, 5) is 19.7. The Hall–Kier alpha value is -1.84. The van der Waals surface area contributed by atoms with Crippen molar-refractivity contribution in [3.05, 3.63) is 66.2 Å². The van der Waals surface area contributed by atoms with Gasteiger partial charge in [0.2, 0.25) is 0 Å². The molecule has 4 heteroatoms. The second-order valence-electron chi connectivity index (χ2n) is 7.40. The maximum Gasteiger partial charge on any atom is 0.188 e. The summed E-state index contributed by atoms with van der Waals surface area (Å²) >= 11 is 6.53. The van der Waals surface area contributed by atoms with Crippen molar-refractivity contribution in [3.8, 4) is 0 Å². The normalized spacial score (nSPS) is 35.8. The molecule has 0 spiro atoms. The van der Waals surface area contributed by atoms with Crippen LogP contribution in [0.15, 0.2) is 60.7 Å². The number of hydrogen-bond donors (Lipinski definition) is 0. The molecule has 0 amide bonds. The van der Waals surface area contributed by atoms with Crippen molar-refractivity contribution in [2.45, 2.75) is 30.4 Å². The zero-order valence-corrected chi connectivity index (χ0v) is 14.5. The van der Waals surface area contributed by atoms with Crippen LogP contribution in [0.2, 0.25) is 0 Å². The van der Waals surface area contributed by atoms with Gasteiger partial charge in [0.1, 0.15) is 6.04 Å². The predicted octanol–water partition coefficient (Wildman–Crippen LogP) is 4.32. The first-order valence-corrected chi connectivity index (χ1v) is 9.42. The lowest BCUT2D eigenvalue weighted by molar-refractivity contribution is 0.0371. The third kappa shape index (κ3) is 2.33. The van der Waals surface area contributed by atoms with Crippen molar-refractivity contribution in [1.29, 1.82) is 0 Å². The first kappa shape index (κ1) is 15.4. The summed E-state index contributed by atoms with van der Waals surface area (Å²) in [5, 5.41) is 2.04. The molecule has 2 aromatic carbocycles. The molecule has 0 aromatic heterocycles. The molecule has 0 N–H and O–H groups in total. The first-order valence-electron chi connectivity index (χ1n) is 8.98. The number of carbonyl (C=O) groups is 1. The number of para-hydroxylation sites is 1. The average Bonchev–Trinajstić information content (AvgIpc) is 3.32. The smallest absolute Gasteiger partial charge is 0.188 e. The van der Waals surface area contributed by atoms with E-state index in [9.17, 15) is 4.79 Å². The van der Waals surface area contributed by atoms with Gasteiger partial charge in [-0.2, -0.15) is 0 Å². The van der Waals surface area contributed by atoms with Crippen LogP contribution in [-0.4, -0.2) is 23.3 Å². The monoisotopic (exact) mass is 353 g/mol. The molecule has 2 bridgehead atoms. The van der Waals surface area contributed by atoms with Crippen molar-refractivity contribution in [3.63, 3.8) is 0 Å². The fourth-order valence-corrected chi connectivity index (χ4v) is 5.53. The summed E-state index contributed by atoms with van der Waals surface area (Å²) in [7, 11) is 0. The van der Waals surface area contributed by atoms with Crippen molar-refractivity contribution >= 4 is 23.1 Å². The second kappa shape index (κ2) is 5.86. The maximum absolute atomic E-state index is 13.4. The molecular weight excluding hydrogens is 334 g/mol. The van der Waals surface area contributed by atoms with Gasteiger partial charge in [-0.15, -0.1) is 11.6 Å². The molecular formula is C21H20ClNO2. The molecule has 0 radical (unpaired) electrons. The van der Waals surface area contributed by atoms with E-state index in [1.165, 1.54) is 0 Å². The van der Waals surface area contributed by atoms with E-state index < -0.39 is 0 Å². The number of hydroxylamine groups is 1. The number of fused-ring (bicyclic) bond motifs is 5. The van der Waals surface area contributed by atoms with E-state index in [-0.39, 0.29) is 29.2 Å². The van der Waals surface area contributed by atoms with Crippen LogP contribution < -0.4 is 5.06 Å². The summed E-state index contributed by atoms with van der Waals surface area (Å²) in [6, 6.07) is 19.3. The standard InChI is InChI=1S/C21H20ClNO2/c22-17-12-14-11-16(17)21-18(14)19(20(24)13-7-3-1-4-8-13)23(25-21)15-9-5-2-6-10-15/h1-10,14,16-19,21H,11-12H2/t14-,16-,17+,18-,19+,21-/m0/s1. The van der Waals surface area contributed by atoms with E-state index in [2.05, 4.69) is 0 Å². The molecule has 2 saturated carbocycles. The van der Waals surface area contributed by atoms with Crippen LogP contribution in [0.1, 0.15) is 23.2 Å². The Morgan fingerprint density at radius 3 is 2.40 bits per heavy atom. The highest BCUT2D eigenvalue weighted by Gasteiger charge is 2.62.